The normalized spacial score (nSPS) is 15.8. The van der Waals surface area contributed by atoms with Gasteiger partial charge in [0, 0.05) is 43.5 Å². The van der Waals surface area contributed by atoms with Crippen molar-refractivity contribution in [1.82, 2.24) is 14.9 Å². The van der Waals surface area contributed by atoms with Crippen molar-refractivity contribution < 1.29 is 9.47 Å². The van der Waals surface area contributed by atoms with E-state index in [1.807, 2.05) is 19.9 Å². The van der Waals surface area contributed by atoms with Gasteiger partial charge in [-0.2, -0.15) is 0 Å². The minimum Gasteiger partial charge on any atom is -0.494 e. The number of fused-ring (bicyclic) bond motifs is 1. The first-order valence-corrected chi connectivity index (χ1v) is 8.94. The largest absolute Gasteiger partial charge is 0.494 e. The van der Waals surface area contributed by atoms with Crippen molar-refractivity contribution in [2.75, 3.05) is 20.2 Å². The number of rotatable bonds is 4. The van der Waals surface area contributed by atoms with Gasteiger partial charge in [0.05, 0.1) is 18.5 Å². The molecule has 2 aromatic rings. The van der Waals surface area contributed by atoms with Gasteiger partial charge in [-0.3, -0.25) is 5.41 Å². The average molecular weight is 344 g/mol. The van der Waals surface area contributed by atoms with Gasteiger partial charge in [0.1, 0.15) is 23.2 Å². The molecule has 3 rings (SSSR count). The number of imidazole rings is 1. The van der Waals surface area contributed by atoms with E-state index in [4.69, 9.17) is 19.9 Å². The lowest BCUT2D eigenvalue weighted by atomic mass is 10.1. The van der Waals surface area contributed by atoms with Crippen LogP contribution in [0.1, 0.15) is 50.9 Å². The SMILES string of the molecule is COc1c(C)c(OC2CCN(C(C)=N)CC2)cc2[nH]c(C(C)C)nc12. The number of H-pyrrole nitrogens is 1. The number of hydrogen-bond acceptors (Lipinski definition) is 4. The molecule has 1 aliphatic heterocycles. The summed E-state index contributed by atoms with van der Waals surface area (Å²) >= 11 is 0. The smallest absolute Gasteiger partial charge is 0.153 e. The number of aromatic nitrogens is 2. The number of piperidine rings is 1. The van der Waals surface area contributed by atoms with Crippen LogP contribution >= 0.6 is 0 Å². The molecule has 0 bridgehead atoms. The Labute approximate surface area is 149 Å². The maximum absolute atomic E-state index is 7.75. The van der Waals surface area contributed by atoms with E-state index in [0.717, 1.165) is 59.9 Å². The fourth-order valence-electron chi connectivity index (χ4n) is 3.35. The zero-order valence-electron chi connectivity index (χ0n) is 15.8. The van der Waals surface area contributed by atoms with E-state index < -0.39 is 0 Å². The standard InChI is InChI=1S/C19H28N4O2/c1-11(2)19-21-15-10-16(12(3)18(24-5)17(15)22-19)25-14-6-8-23(9-7-14)13(4)20/h10-11,14,20H,6-9H2,1-5H3,(H,21,22). The second-order valence-corrected chi connectivity index (χ2v) is 7.10. The van der Waals surface area contributed by atoms with Gasteiger partial charge >= 0.3 is 0 Å². The van der Waals surface area contributed by atoms with Gasteiger partial charge in [-0.05, 0) is 13.8 Å². The van der Waals surface area contributed by atoms with E-state index >= 15 is 0 Å². The van der Waals surface area contributed by atoms with Crippen molar-refractivity contribution in [3.63, 3.8) is 0 Å². The van der Waals surface area contributed by atoms with Gasteiger partial charge in [-0.25, -0.2) is 4.98 Å². The van der Waals surface area contributed by atoms with Crippen molar-refractivity contribution in [3.05, 3.63) is 17.5 Å². The molecule has 2 heterocycles. The number of ether oxygens (including phenoxy) is 2. The molecule has 1 aromatic heterocycles. The molecule has 0 spiro atoms. The summed E-state index contributed by atoms with van der Waals surface area (Å²) < 4.78 is 11.9. The number of hydrogen-bond donors (Lipinski definition) is 2. The lowest BCUT2D eigenvalue weighted by Crippen LogP contribution is -2.40. The minimum atomic E-state index is 0.170. The summed E-state index contributed by atoms with van der Waals surface area (Å²) in [6.45, 7) is 9.85. The maximum Gasteiger partial charge on any atom is 0.153 e. The lowest BCUT2D eigenvalue weighted by Gasteiger charge is -2.33. The van der Waals surface area contributed by atoms with Crippen LogP contribution in [-0.2, 0) is 0 Å². The summed E-state index contributed by atoms with van der Waals surface area (Å²) in [5, 5.41) is 7.75. The Kier molecular flexibility index (Phi) is 4.88. The Morgan fingerprint density at radius 3 is 2.60 bits per heavy atom. The molecule has 25 heavy (non-hydrogen) atoms. The molecule has 1 aromatic carbocycles. The molecule has 0 saturated carbocycles. The predicted octanol–water partition coefficient (Wildman–Crippen LogP) is 3.84. The van der Waals surface area contributed by atoms with E-state index in [-0.39, 0.29) is 6.10 Å². The number of amidine groups is 1. The van der Waals surface area contributed by atoms with Crippen molar-refractivity contribution in [2.45, 2.75) is 52.6 Å². The molecule has 0 radical (unpaired) electrons. The minimum absolute atomic E-state index is 0.170. The van der Waals surface area contributed by atoms with Crippen LogP contribution < -0.4 is 9.47 Å². The van der Waals surface area contributed by atoms with Crippen LogP contribution in [0.25, 0.3) is 11.0 Å². The summed E-state index contributed by atoms with van der Waals surface area (Å²) in [7, 11) is 1.68. The van der Waals surface area contributed by atoms with Gasteiger partial charge in [-0.1, -0.05) is 13.8 Å². The van der Waals surface area contributed by atoms with E-state index in [1.165, 1.54) is 0 Å². The van der Waals surface area contributed by atoms with Crippen molar-refractivity contribution in [2.24, 2.45) is 0 Å². The molecule has 0 unspecified atom stereocenters. The monoisotopic (exact) mass is 344 g/mol. The third-order valence-corrected chi connectivity index (χ3v) is 4.91. The van der Waals surface area contributed by atoms with Crippen LogP contribution in [0.5, 0.6) is 11.5 Å². The van der Waals surface area contributed by atoms with Gasteiger partial charge in [0.25, 0.3) is 0 Å². The first-order valence-electron chi connectivity index (χ1n) is 8.94. The number of nitrogens with one attached hydrogen (secondary N) is 2. The molecule has 0 aliphatic carbocycles. The Morgan fingerprint density at radius 1 is 1.36 bits per heavy atom. The molecule has 1 saturated heterocycles. The van der Waals surface area contributed by atoms with E-state index in [2.05, 4.69) is 23.7 Å². The van der Waals surface area contributed by atoms with Gasteiger partial charge in [0.2, 0.25) is 0 Å². The van der Waals surface area contributed by atoms with E-state index in [9.17, 15) is 0 Å². The Balaban J connectivity index is 1.86. The second kappa shape index (κ2) is 6.94. The van der Waals surface area contributed by atoms with Gasteiger partial charge in [-0.15, -0.1) is 0 Å². The first-order chi connectivity index (χ1) is 11.9. The highest BCUT2D eigenvalue weighted by molar-refractivity contribution is 5.86. The molecule has 136 valence electrons. The first kappa shape index (κ1) is 17.6. The Morgan fingerprint density at radius 2 is 2.04 bits per heavy atom. The molecule has 2 N–H and O–H groups in total. The molecule has 1 fully saturated rings. The summed E-state index contributed by atoms with van der Waals surface area (Å²) in [6.07, 6.45) is 2.02. The van der Waals surface area contributed by atoms with Crippen LogP contribution in [0.2, 0.25) is 0 Å². The molecular weight excluding hydrogens is 316 g/mol. The molecule has 1 aliphatic rings. The van der Waals surface area contributed by atoms with E-state index in [1.54, 1.807) is 7.11 Å². The highest BCUT2D eigenvalue weighted by Gasteiger charge is 2.23. The molecule has 6 heteroatoms. The summed E-state index contributed by atoms with van der Waals surface area (Å²) in [6, 6.07) is 2.04. The third-order valence-electron chi connectivity index (χ3n) is 4.91. The predicted molar refractivity (Wildman–Crippen MR) is 100 cm³/mol. The van der Waals surface area contributed by atoms with Gasteiger partial charge in [0.15, 0.2) is 5.75 Å². The summed E-state index contributed by atoms with van der Waals surface area (Å²) in [4.78, 5) is 10.2. The number of likely N-dealkylation sites (tertiary alicyclic amines) is 1. The topological polar surface area (TPSA) is 74.2 Å². The van der Waals surface area contributed by atoms with Crippen LogP contribution in [0, 0.1) is 12.3 Å². The fraction of sp³-hybridized carbons (Fsp3) is 0.579. The molecule has 0 atom stereocenters. The van der Waals surface area contributed by atoms with Crippen LogP contribution in [0.15, 0.2) is 6.07 Å². The van der Waals surface area contributed by atoms with Crippen molar-refractivity contribution >= 4 is 16.9 Å². The van der Waals surface area contributed by atoms with Gasteiger partial charge < -0.3 is 19.4 Å². The number of aromatic amines is 1. The molecule has 6 nitrogen and oxygen atoms in total. The zero-order valence-corrected chi connectivity index (χ0v) is 15.8. The number of benzene rings is 1. The quantitative estimate of drug-likeness (QED) is 0.653. The van der Waals surface area contributed by atoms with E-state index in [0.29, 0.717) is 11.8 Å². The van der Waals surface area contributed by atoms with Crippen LogP contribution in [0.4, 0.5) is 0 Å². The Hall–Kier alpha value is -2.24. The highest BCUT2D eigenvalue weighted by atomic mass is 16.5. The fourth-order valence-corrected chi connectivity index (χ4v) is 3.35. The lowest BCUT2D eigenvalue weighted by molar-refractivity contribution is 0.129. The van der Waals surface area contributed by atoms with Crippen LogP contribution in [0.3, 0.4) is 0 Å². The maximum atomic E-state index is 7.75. The number of nitrogens with zero attached hydrogens (tertiary/aromatic N) is 2. The summed E-state index contributed by atoms with van der Waals surface area (Å²) in [5.74, 6) is 3.56. The zero-order chi connectivity index (χ0) is 18.1. The second-order valence-electron chi connectivity index (χ2n) is 7.10. The van der Waals surface area contributed by atoms with Crippen molar-refractivity contribution in [1.29, 1.82) is 5.41 Å². The number of methoxy groups -OCH3 is 1. The molecule has 0 amide bonds. The molecular formula is C19H28N4O2. The summed E-state index contributed by atoms with van der Waals surface area (Å²) in [5.41, 5.74) is 2.81. The highest BCUT2D eigenvalue weighted by Crippen LogP contribution is 2.37. The van der Waals surface area contributed by atoms with Crippen LogP contribution in [-0.4, -0.2) is 47.0 Å². The average Bonchev–Trinajstić information content (AvgIpc) is 3.00. The third kappa shape index (κ3) is 3.43. The van der Waals surface area contributed by atoms with Crippen molar-refractivity contribution in [3.8, 4) is 11.5 Å². The Bertz CT molecular complexity index is 773.